The topological polar surface area (TPSA) is 66.5 Å². The molecule has 1 aliphatic rings. The highest BCUT2D eigenvalue weighted by Gasteiger charge is 2.42. The third-order valence-electron chi connectivity index (χ3n) is 3.54. The molecule has 2 rings (SSSR count). The number of amides is 1. The summed E-state index contributed by atoms with van der Waals surface area (Å²) in [7, 11) is -1.84. The predicted octanol–water partition coefficient (Wildman–Crippen LogP) is 1.63. The van der Waals surface area contributed by atoms with Gasteiger partial charge in [0.15, 0.2) is 0 Å². The molecule has 0 aromatic heterocycles. The summed E-state index contributed by atoms with van der Waals surface area (Å²) in [4.78, 5) is 13.9. The number of sulfonamides is 1. The second kappa shape index (κ2) is 4.56. The van der Waals surface area contributed by atoms with Crippen LogP contribution in [0.2, 0.25) is 0 Å². The van der Waals surface area contributed by atoms with Gasteiger partial charge in [0.2, 0.25) is 15.9 Å². The standard InChI is InChI=1S/C14H20N2O3S/c1-9(2)15-20(18,19)10-6-7-12-11(8-10)14(3,4)13(17)16(12)5/h6-9,15H,1-5H3. The summed E-state index contributed by atoms with van der Waals surface area (Å²) in [5.74, 6) is -0.0288. The van der Waals surface area contributed by atoms with Gasteiger partial charge >= 0.3 is 0 Å². The number of fused-ring (bicyclic) bond motifs is 1. The Kier molecular flexibility index (Phi) is 3.42. The maximum Gasteiger partial charge on any atom is 0.240 e. The molecule has 0 fully saturated rings. The highest BCUT2D eigenvalue weighted by molar-refractivity contribution is 7.89. The van der Waals surface area contributed by atoms with Gasteiger partial charge < -0.3 is 4.90 Å². The van der Waals surface area contributed by atoms with Gasteiger partial charge in [-0.3, -0.25) is 4.79 Å². The Bertz CT molecular complexity index is 663. The molecule has 1 aliphatic heterocycles. The summed E-state index contributed by atoms with van der Waals surface area (Å²) in [6, 6.07) is 4.65. The van der Waals surface area contributed by atoms with Crippen LogP contribution in [-0.2, 0) is 20.2 Å². The predicted molar refractivity (Wildman–Crippen MR) is 78.3 cm³/mol. The third-order valence-corrected chi connectivity index (χ3v) is 5.20. The molecular weight excluding hydrogens is 276 g/mol. The molecule has 0 bridgehead atoms. The van der Waals surface area contributed by atoms with Crippen molar-refractivity contribution in [3.63, 3.8) is 0 Å². The Balaban J connectivity index is 2.55. The molecule has 5 nitrogen and oxygen atoms in total. The minimum atomic E-state index is -3.55. The Morgan fingerprint density at radius 2 is 1.85 bits per heavy atom. The zero-order valence-corrected chi connectivity index (χ0v) is 13.2. The van der Waals surface area contributed by atoms with E-state index in [-0.39, 0.29) is 16.8 Å². The van der Waals surface area contributed by atoms with Gasteiger partial charge in [-0.25, -0.2) is 13.1 Å². The van der Waals surface area contributed by atoms with Crippen molar-refractivity contribution in [1.29, 1.82) is 0 Å². The number of rotatable bonds is 3. The molecule has 0 unspecified atom stereocenters. The van der Waals surface area contributed by atoms with Crippen molar-refractivity contribution in [2.45, 2.75) is 44.0 Å². The van der Waals surface area contributed by atoms with Crippen molar-refractivity contribution >= 4 is 21.6 Å². The van der Waals surface area contributed by atoms with E-state index in [4.69, 9.17) is 0 Å². The van der Waals surface area contributed by atoms with Crippen molar-refractivity contribution < 1.29 is 13.2 Å². The van der Waals surface area contributed by atoms with E-state index in [0.717, 1.165) is 11.3 Å². The van der Waals surface area contributed by atoms with Gasteiger partial charge in [-0.2, -0.15) is 0 Å². The lowest BCUT2D eigenvalue weighted by Crippen LogP contribution is -2.33. The molecule has 0 saturated carbocycles. The van der Waals surface area contributed by atoms with Crippen LogP contribution < -0.4 is 9.62 Å². The first kappa shape index (κ1) is 15.0. The van der Waals surface area contributed by atoms with Crippen LogP contribution in [0.5, 0.6) is 0 Å². The maximum absolute atomic E-state index is 12.2. The first-order valence-electron chi connectivity index (χ1n) is 6.52. The molecule has 0 saturated heterocycles. The molecule has 0 spiro atoms. The highest BCUT2D eigenvalue weighted by Crippen LogP contribution is 2.41. The largest absolute Gasteiger partial charge is 0.314 e. The molecule has 110 valence electrons. The second-order valence-corrected chi connectivity index (χ2v) is 7.66. The van der Waals surface area contributed by atoms with Crippen molar-refractivity contribution in [2.75, 3.05) is 11.9 Å². The fraction of sp³-hybridized carbons (Fsp3) is 0.500. The minimum absolute atomic E-state index is 0.0288. The van der Waals surface area contributed by atoms with Crippen molar-refractivity contribution in [3.05, 3.63) is 23.8 Å². The quantitative estimate of drug-likeness (QED) is 0.922. The van der Waals surface area contributed by atoms with Crippen LogP contribution in [0.3, 0.4) is 0 Å². The summed E-state index contributed by atoms with van der Waals surface area (Å²) in [5, 5.41) is 0. The van der Waals surface area contributed by atoms with Gasteiger partial charge in [0.25, 0.3) is 0 Å². The van der Waals surface area contributed by atoms with Crippen LogP contribution >= 0.6 is 0 Å². The molecule has 0 radical (unpaired) electrons. The van der Waals surface area contributed by atoms with Crippen molar-refractivity contribution in [1.82, 2.24) is 4.72 Å². The lowest BCUT2D eigenvalue weighted by molar-refractivity contribution is -0.121. The molecule has 1 aromatic carbocycles. The highest BCUT2D eigenvalue weighted by atomic mass is 32.2. The van der Waals surface area contributed by atoms with Crippen LogP contribution in [-0.4, -0.2) is 27.4 Å². The molecule has 1 N–H and O–H groups in total. The molecule has 0 atom stereocenters. The molecule has 1 amide bonds. The summed E-state index contributed by atoms with van der Waals surface area (Å²) < 4.78 is 27.0. The second-order valence-electron chi connectivity index (χ2n) is 5.94. The molecular formula is C14H20N2O3S. The lowest BCUT2D eigenvalue weighted by atomic mass is 9.86. The fourth-order valence-corrected chi connectivity index (χ4v) is 3.77. The number of carbonyl (C=O) groups is 1. The van der Waals surface area contributed by atoms with E-state index in [1.165, 1.54) is 6.07 Å². The SMILES string of the molecule is CC(C)NS(=O)(=O)c1ccc2c(c1)C(C)(C)C(=O)N2C. The number of benzene rings is 1. The van der Waals surface area contributed by atoms with Crippen LogP contribution in [0.1, 0.15) is 33.3 Å². The van der Waals surface area contributed by atoms with Crippen LogP contribution in [0.25, 0.3) is 0 Å². The number of likely N-dealkylation sites (N-methyl/N-ethyl adjacent to an activating group) is 1. The number of hydrogen-bond donors (Lipinski definition) is 1. The maximum atomic E-state index is 12.2. The Morgan fingerprint density at radius 1 is 1.25 bits per heavy atom. The van der Waals surface area contributed by atoms with Crippen molar-refractivity contribution in [3.8, 4) is 0 Å². The molecule has 1 aromatic rings. The zero-order valence-electron chi connectivity index (χ0n) is 12.4. The number of nitrogens with one attached hydrogen (secondary N) is 1. The van der Waals surface area contributed by atoms with E-state index < -0.39 is 15.4 Å². The Hall–Kier alpha value is -1.40. The minimum Gasteiger partial charge on any atom is -0.314 e. The first-order valence-corrected chi connectivity index (χ1v) is 8.00. The Labute approximate surface area is 120 Å². The van der Waals surface area contributed by atoms with Crippen LogP contribution in [0.4, 0.5) is 5.69 Å². The monoisotopic (exact) mass is 296 g/mol. The van der Waals surface area contributed by atoms with E-state index in [2.05, 4.69) is 4.72 Å². The average molecular weight is 296 g/mol. The van der Waals surface area contributed by atoms with Crippen LogP contribution in [0, 0.1) is 0 Å². The van der Waals surface area contributed by atoms with Gasteiger partial charge in [0, 0.05) is 18.8 Å². The summed E-state index contributed by atoms with van der Waals surface area (Å²) in [6.07, 6.45) is 0. The van der Waals surface area contributed by atoms with Gasteiger partial charge in [0.05, 0.1) is 10.3 Å². The number of nitrogens with zero attached hydrogens (tertiary/aromatic N) is 1. The fourth-order valence-electron chi connectivity index (χ4n) is 2.50. The van der Waals surface area contributed by atoms with E-state index >= 15 is 0 Å². The normalized spacial score (nSPS) is 17.7. The van der Waals surface area contributed by atoms with E-state index in [1.54, 1.807) is 37.9 Å². The van der Waals surface area contributed by atoms with E-state index in [0.29, 0.717) is 0 Å². The van der Waals surface area contributed by atoms with Gasteiger partial charge in [-0.1, -0.05) is 0 Å². The van der Waals surface area contributed by atoms with Gasteiger partial charge in [-0.05, 0) is 51.5 Å². The zero-order chi connectivity index (χ0) is 15.3. The first-order chi connectivity index (χ1) is 9.07. The molecule has 20 heavy (non-hydrogen) atoms. The number of anilines is 1. The third kappa shape index (κ3) is 2.23. The van der Waals surface area contributed by atoms with E-state index in [1.807, 2.05) is 13.8 Å². The lowest BCUT2D eigenvalue weighted by Gasteiger charge is -2.17. The number of carbonyl (C=O) groups excluding carboxylic acids is 1. The molecule has 1 heterocycles. The Morgan fingerprint density at radius 3 is 2.40 bits per heavy atom. The smallest absolute Gasteiger partial charge is 0.240 e. The average Bonchev–Trinajstić information content (AvgIpc) is 2.49. The molecule has 6 heteroatoms. The van der Waals surface area contributed by atoms with Gasteiger partial charge in [-0.15, -0.1) is 0 Å². The van der Waals surface area contributed by atoms with E-state index in [9.17, 15) is 13.2 Å². The van der Waals surface area contributed by atoms with Gasteiger partial charge in [0.1, 0.15) is 0 Å². The summed E-state index contributed by atoms with van der Waals surface area (Å²) in [5.41, 5.74) is 0.813. The summed E-state index contributed by atoms with van der Waals surface area (Å²) >= 11 is 0. The van der Waals surface area contributed by atoms with Crippen molar-refractivity contribution in [2.24, 2.45) is 0 Å². The van der Waals surface area contributed by atoms with Crippen LogP contribution in [0.15, 0.2) is 23.1 Å². The number of hydrogen-bond acceptors (Lipinski definition) is 3. The summed E-state index contributed by atoms with van der Waals surface area (Å²) in [6.45, 7) is 7.16. The molecule has 0 aliphatic carbocycles.